The first-order valence-electron chi connectivity index (χ1n) is 9.87. The Balaban J connectivity index is 1.37. The second kappa shape index (κ2) is 9.89. The molecular formula is C24H20ClN5O2. The molecule has 8 heteroatoms. The van der Waals surface area contributed by atoms with Gasteiger partial charge in [0.15, 0.2) is 0 Å². The Hall–Kier alpha value is -3.97. The number of pyridine rings is 1. The number of hydrogen-bond acceptors (Lipinski definition) is 5. The number of hydrogen-bond donors (Lipinski definition) is 2. The molecule has 0 bridgehead atoms. The van der Waals surface area contributed by atoms with Gasteiger partial charge in [-0.3, -0.25) is 14.9 Å². The molecule has 0 radical (unpaired) electrons. The Labute approximate surface area is 190 Å². The van der Waals surface area contributed by atoms with Crippen LogP contribution in [0.2, 0.25) is 5.02 Å². The van der Waals surface area contributed by atoms with Gasteiger partial charge < -0.3 is 4.74 Å². The summed E-state index contributed by atoms with van der Waals surface area (Å²) in [5.74, 6) is 0.333. The van der Waals surface area contributed by atoms with Crippen LogP contribution in [0.5, 0.6) is 5.75 Å². The summed E-state index contributed by atoms with van der Waals surface area (Å²) in [7, 11) is 0. The molecule has 7 nitrogen and oxygen atoms in total. The van der Waals surface area contributed by atoms with E-state index >= 15 is 0 Å². The van der Waals surface area contributed by atoms with E-state index in [1.165, 1.54) is 0 Å². The van der Waals surface area contributed by atoms with E-state index in [9.17, 15) is 4.79 Å². The van der Waals surface area contributed by atoms with Crippen molar-refractivity contribution in [2.75, 3.05) is 0 Å². The van der Waals surface area contributed by atoms with Crippen molar-refractivity contribution < 1.29 is 9.53 Å². The molecule has 0 spiro atoms. The van der Waals surface area contributed by atoms with E-state index < -0.39 is 0 Å². The second-order valence-electron chi connectivity index (χ2n) is 6.95. The first kappa shape index (κ1) is 21.3. The van der Waals surface area contributed by atoms with Crippen molar-refractivity contribution in [3.63, 3.8) is 0 Å². The number of halogens is 1. The number of benzene rings is 2. The second-order valence-corrected chi connectivity index (χ2v) is 7.35. The molecule has 0 unspecified atom stereocenters. The highest BCUT2D eigenvalue weighted by Gasteiger charge is 2.11. The summed E-state index contributed by atoms with van der Waals surface area (Å²) in [6.07, 6.45) is 3.34. The zero-order valence-electron chi connectivity index (χ0n) is 17.2. The Morgan fingerprint density at radius 3 is 2.59 bits per heavy atom. The number of nitrogens with one attached hydrogen (secondary N) is 2. The molecule has 0 saturated heterocycles. The highest BCUT2D eigenvalue weighted by molar-refractivity contribution is 6.31. The fourth-order valence-electron chi connectivity index (χ4n) is 2.94. The highest BCUT2D eigenvalue weighted by Crippen LogP contribution is 2.23. The van der Waals surface area contributed by atoms with E-state index in [-0.39, 0.29) is 5.91 Å². The van der Waals surface area contributed by atoms with Crippen LogP contribution in [-0.4, -0.2) is 26.8 Å². The number of aromatic amines is 1. The first-order valence-corrected chi connectivity index (χ1v) is 10.2. The van der Waals surface area contributed by atoms with Crippen LogP contribution >= 0.6 is 11.6 Å². The maximum atomic E-state index is 12.4. The maximum Gasteiger partial charge on any atom is 0.289 e. The topological polar surface area (TPSA) is 92.3 Å². The summed E-state index contributed by atoms with van der Waals surface area (Å²) in [5.41, 5.74) is 6.81. The van der Waals surface area contributed by atoms with Crippen LogP contribution in [0.15, 0.2) is 84.2 Å². The number of amides is 1. The van der Waals surface area contributed by atoms with Gasteiger partial charge in [-0.1, -0.05) is 29.8 Å². The fourth-order valence-corrected chi connectivity index (χ4v) is 3.13. The molecule has 160 valence electrons. The molecule has 2 N–H and O–H groups in total. The zero-order chi connectivity index (χ0) is 22.3. The average Bonchev–Trinajstić information content (AvgIpc) is 3.33. The third-order valence-electron chi connectivity index (χ3n) is 4.75. The van der Waals surface area contributed by atoms with Crippen LogP contribution in [0.1, 0.15) is 28.5 Å². The number of carbonyl (C=O) groups is 1. The van der Waals surface area contributed by atoms with Crippen molar-refractivity contribution in [3.8, 4) is 17.0 Å². The van der Waals surface area contributed by atoms with E-state index in [0.717, 1.165) is 16.7 Å². The van der Waals surface area contributed by atoms with Crippen LogP contribution < -0.4 is 10.2 Å². The number of hydrazone groups is 1. The van der Waals surface area contributed by atoms with Crippen LogP contribution in [0.3, 0.4) is 0 Å². The first-order chi connectivity index (χ1) is 15.6. The van der Waals surface area contributed by atoms with Crippen LogP contribution in [0.25, 0.3) is 11.3 Å². The maximum absolute atomic E-state index is 12.4. The molecule has 4 aromatic rings. The number of H-pyrrole nitrogens is 1. The normalized spacial score (nSPS) is 11.2. The van der Waals surface area contributed by atoms with Gasteiger partial charge in [-0.15, -0.1) is 0 Å². The zero-order valence-corrected chi connectivity index (χ0v) is 18.0. The molecule has 1 amide bonds. The third-order valence-corrected chi connectivity index (χ3v) is 5.12. The lowest BCUT2D eigenvalue weighted by Crippen LogP contribution is -2.19. The van der Waals surface area contributed by atoms with Crippen LogP contribution in [-0.2, 0) is 6.61 Å². The van der Waals surface area contributed by atoms with Gasteiger partial charge in [-0.2, -0.15) is 10.2 Å². The molecule has 0 fully saturated rings. The lowest BCUT2D eigenvalue weighted by molar-refractivity contribution is 0.0950. The Bertz CT molecular complexity index is 1240. The summed E-state index contributed by atoms with van der Waals surface area (Å²) < 4.78 is 5.80. The van der Waals surface area contributed by atoms with E-state index in [0.29, 0.717) is 34.5 Å². The van der Waals surface area contributed by atoms with Gasteiger partial charge in [0.2, 0.25) is 0 Å². The van der Waals surface area contributed by atoms with Crippen molar-refractivity contribution in [1.82, 2.24) is 20.6 Å². The molecule has 0 aliphatic heterocycles. The summed E-state index contributed by atoms with van der Waals surface area (Å²) in [4.78, 5) is 16.4. The van der Waals surface area contributed by atoms with Gasteiger partial charge in [0.05, 0.1) is 11.4 Å². The minimum Gasteiger partial charge on any atom is -0.489 e. The Morgan fingerprint density at radius 1 is 1.09 bits per heavy atom. The monoisotopic (exact) mass is 445 g/mol. The van der Waals surface area contributed by atoms with Crippen LogP contribution in [0, 0.1) is 0 Å². The van der Waals surface area contributed by atoms with Crippen molar-refractivity contribution in [3.05, 3.63) is 101 Å². The quantitative estimate of drug-likeness (QED) is 0.314. The predicted molar refractivity (Wildman–Crippen MR) is 124 cm³/mol. The van der Waals surface area contributed by atoms with E-state index in [4.69, 9.17) is 16.3 Å². The summed E-state index contributed by atoms with van der Waals surface area (Å²) in [5, 5.41) is 11.8. The largest absolute Gasteiger partial charge is 0.489 e. The molecule has 2 aromatic heterocycles. The van der Waals surface area contributed by atoms with Gasteiger partial charge in [0.1, 0.15) is 18.1 Å². The SMILES string of the molecule is C/C(=N/NC(=O)c1cc(-c2ccc(OCc3ccccc3Cl)cc2)n[nH]1)c1ccncc1. The third kappa shape index (κ3) is 5.19. The molecule has 4 rings (SSSR count). The summed E-state index contributed by atoms with van der Waals surface area (Å²) in [6, 6.07) is 20.3. The molecular weight excluding hydrogens is 426 g/mol. The smallest absolute Gasteiger partial charge is 0.289 e. The number of rotatable bonds is 7. The summed E-state index contributed by atoms with van der Waals surface area (Å²) in [6.45, 7) is 2.19. The van der Waals surface area contributed by atoms with E-state index in [1.807, 2.05) is 67.6 Å². The molecule has 32 heavy (non-hydrogen) atoms. The number of nitrogens with zero attached hydrogens (tertiary/aromatic N) is 3. The predicted octanol–water partition coefficient (Wildman–Crippen LogP) is 4.86. The van der Waals surface area contributed by atoms with Crippen molar-refractivity contribution in [1.29, 1.82) is 0 Å². The van der Waals surface area contributed by atoms with E-state index in [2.05, 4.69) is 25.7 Å². The summed E-state index contributed by atoms with van der Waals surface area (Å²) >= 11 is 6.16. The van der Waals surface area contributed by atoms with Crippen molar-refractivity contribution in [2.24, 2.45) is 5.10 Å². The molecule has 0 aliphatic carbocycles. The molecule has 0 saturated carbocycles. The number of ether oxygens (including phenoxy) is 1. The highest BCUT2D eigenvalue weighted by atomic mass is 35.5. The lowest BCUT2D eigenvalue weighted by Gasteiger charge is -2.08. The molecule has 0 atom stereocenters. The molecule has 2 aromatic carbocycles. The van der Waals surface area contributed by atoms with Gasteiger partial charge >= 0.3 is 0 Å². The van der Waals surface area contributed by atoms with E-state index in [1.54, 1.807) is 18.5 Å². The van der Waals surface area contributed by atoms with Gasteiger partial charge in [-0.05, 0) is 55.5 Å². The van der Waals surface area contributed by atoms with Gasteiger partial charge in [0, 0.05) is 34.1 Å². The number of aromatic nitrogens is 3. The van der Waals surface area contributed by atoms with Gasteiger partial charge in [-0.25, -0.2) is 5.43 Å². The van der Waals surface area contributed by atoms with Gasteiger partial charge in [0.25, 0.3) is 5.91 Å². The standard InChI is InChI=1S/C24H20ClN5O2/c1-16(17-10-12-26-13-11-17)27-30-24(31)23-14-22(28-29-23)18-6-8-20(9-7-18)32-15-19-4-2-3-5-21(19)25/h2-14H,15H2,1H3,(H,28,29)(H,30,31)/b27-16-. The minimum atomic E-state index is -0.378. The molecule has 0 aliphatic rings. The fraction of sp³-hybridized carbons (Fsp3) is 0.0833. The Morgan fingerprint density at radius 2 is 1.84 bits per heavy atom. The number of carbonyl (C=O) groups excluding carboxylic acids is 1. The van der Waals surface area contributed by atoms with Crippen molar-refractivity contribution >= 4 is 23.2 Å². The van der Waals surface area contributed by atoms with Crippen molar-refractivity contribution in [2.45, 2.75) is 13.5 Å². The molecule has 2 heterocycles. The lowest BCUT2D eigenvalue weighted by atomic mass is 10.1. The van der Waals surface area contributed by atoms with Crippen LogP contribution in [0.4, 0.5) is 0 Å². The average molecular weight is 446 g/mol. The Kier molecular flexibility index (Phi) is 6.57. The minimum absolute atomic E-state index is 0.310.